The van der Waals surface area contributed by atoms with Crippen molar-refractivity contribution in [3.63, 3.8) is 0 Å². The van der Waals surface area contributed by atoms with Crippen LogP contribution in [0.2, 0.25) is 0 Å². The Labute approximate surface area is 155 Å². The monoisotopic (exact) mass is 371 g/mol. The zero-order valence-electron chi connectivity index (χ0n) is 14.2. The molecule has 3 aromatic rings. The smallest absolute Gasteiger partial charge is 0.250 e. The van der Waals surface area contributed by atoms with E-state index in [1.54, 1.807) is 22.7 Å². The highest BCUT2D eigenvalue weighted by molar-refractivity contribution is 7.20. The molecule has 1 saturated carbocycles. The number of rotatable bonds is 4. The summed E-state index contributed by atoms with van der Waals surface area (Å²) in [5, 5.41) is 5.18. The molecule has 0 spiro atoms. The van der Waals surface area contributed by atoms with Crippen molar-refractivity contribution >= 4 is 28.6 Å². The molecule has 0 radical (unpaired) electrons. The molecule has 1 fully saturated rings. The average Bonchev–Trinajstić information content (AvgIpc) is 3.34. The summed E-state index contributed by atoms with van der Waals surface area (Å²) < 4.78 is 2.31. The summed E-state index contributed by atoms with van der Waals surface area (Å²) in [6.45, 7) is 2.00. The fourth-order valence-electron chi connectivity index (χ4n) is 3.78. The van der Waals surface area contributed by atoms with Crippen molar-refractivity contribution in [3.05, 3.63) is 40.2 Å². The van der Waals surface area contributed by atoms with Gasteiger partial charge in [-0.3, -0.25) is 4.79 Å². The van der Waals surface area contributed by atoms with Gasteiger partial charge in [0.1, 0.15) is 5.01 Å². The zero-order valence-corrected chi connectivity index (χ0v) is 15.8. The molecule has 1 aliphatic rings. The second-order valence-electron chi connectivity index (χ2n) is 6.57. The summed E-state index contributed by atoms with van der Waals surface area (Å²) in [6.07, 6.45) is 6.09. The summed E-state index contributed by atoms with van der Waals surface area (Å²) in [5.41, 5.74) is 9.17. The predicted octanol–water partition coefficient (Wildman–Crippen LogP) is 5.25. The van der Waals surface area contributed by atoms with E-state index in [0.29, 0.717) is 11.6 Å². The predicted molar refractivity (Wildman–Crippen MR) is 104 cm³/mol. The third-order valence-electron chi connectivity index (χ3n) is 5.00. The van der Waals surface area contributed by atoms with Crippen molar-refractivity contribution in [1.29, 1.82) is 0 Å². The second kappa shape index (κ2) is 6.77. The number of hydrogen-bond acceptors (Lipinski definition) is 4. The van der Waals surface area contributed by atoms with Gasteiger partial charge in [0, 0.05) is 17.1 Å². The van der Waals surface area contributed by atoms with Crippen molar-refractivity contribution in [2.24, 2.45) is 5.73 Å². The lowest BCUT2D eigenvalue weighted by Crippen LogP contribution is -2.17. The van der Waals surface area contributed by atoms with Crippen molar-refractivity contribution in [1.82, 2.24) is 9.55 Å². The summed E-state index contributed by atoms with van der Waals surface area (Å²) in [4.78, 5) is 17.9. The SMILES string of the molecule is Cc1c(C(N)=O)cc(-c2csc(-c3cccs3)n2)n1C1CCCCC1. The molecule has 0 atom stereocenters. The molecule has 6 heteroatoms. The van der Waals surface area contributed by atoms with Gasteiger partial charge in [0.25, 0.3) is 5.91 Å². The number of primary amides is 1. The van der Waals surface area contributed by atoms with Gasteiger partial charge in [-0.25, -0.2) is 4.98 Å². The fourth-order valence-corrected chi connectivity index (χ4v) is 5.41. The molecule has 0 saturated heterocycles. The summed E-state index contributed by atoms with van der Waals surface area (Å²) in [7, 11) is 0. The van der Waals surface area contributed by atoms with Crippen LogP contribution in [0, 0.1) is 6.92 Å². The van der Waals surface area contributed by atoms with Crippen LogP contribution in [0.25, 0.3) is 21.3 Å². The van der Waals surface area contributed by atoms with Crippen LogP contribution in [0.5, 0.6) is 0 Å². The summed E-state index contributed by atoms with van der Waals surface area (Å²) in [6, 6.07) is 6.50. The van der Waals surface area contributed by atoms with Gasteiger partial charge in [0.15, 0.2) is 0 Å². The van der Waals surface area contributed by atoms with Crippen LogP contribution in [-0.4, -0.2) is 15.5 Å². The fraction of sp³-hybridized carbons (Fsp3) is 0.368. The Kier molecular flexibility index (Phi) is 4.48. The van der Waals surface area contributed by atoms with E-state index in [1.165, 1.54) is 24.1 Å². The van der Waals surface area contributed by atoms with Gasteiger partial charge in [-0.05, 0) is 37.3 Å². The quantitative estimate of drug-likeness (QED) is 0.680. The topological polar surface area (TPSA) is 60.9 Å². The lowest BCUT2D eigenvalue weighted by Gasteiger charge is -2.26. The molecule has 3 aromatic heterocycles. The van der Waals surface area contributed by atoms with Crippen molar-refractivity contribution in [3.8, 4) is 21.3 Å². The minimum atomic E-state index is -0.359. The Balaban J connectivity index is 1.80. The highest BCUT2D eigenvalue weighted by Gasteiger charge is 2.25. The Bertz CT molecular complexity index is 886. The molecule has 0 aromatic carbocycles. The number of thiophene rings is 1. The van der Waals surface area contributed by atoms with Crippen LogP contribution in [0.3, 0.4) is 0 Å². The Morgan fingerprint density at radius 3 is 2.76 bits per heavy atom. The van der Waals surface area contributed by atoms with E-state index in [0.717, 1.165) is 34.9 Å². The van der Waals surface area contributed by atoms with Crippen LogP contribution in [-0.2, 0) is 0 Å². The molecule has 0 unspecified atom stereocenters. The van der Waals surface area contributed by atoms with E-state index in [1.807, 2.05) is 19.1 Å². The summed E-state index contributed by atoms with van der Waals surface area (Å²) in [5.74, 6) is -0.359. The molecule has 130 valence electrons. The van der Waals surface area contributed by atoms with E-state index < -0.39 is 0 Å². The van der Waals surface area contributed by atoms with E-state index in [4.69, 9.17) is 10.7 Å². The number of carbonyl (C=O) groups is 1. The molecular formula is C19H21N3OS2. The van der Waals surface area contributed by atoms with Crippen LogP contribution >= 0.6 is 22.7 Å². The third-order valence-corrected chi connectivity index (χ3v) is 6.88. The first-order valence-electron chi connectivity index (χ1n) is 8.66. The van der Waals surface area contributed by atoms with Gasteiger partial charge in [-0.1, -0.05) is 25.3 Å². The second-order valence-corrected chi connectivity index (χ2v) is 8.38. The molecular weight excluding hydrogens is 350 g/mol. The summed E-state index contributed by atoms with van der Waals surface area (Å²) >= 11 is 3.35. The molecule has 0 bridgehead atoms. The van der Waals surface area contributed by atoms with Crippen LogP contribution in [0.15, 0.2) is 29.0 Å². The van der Waals surface area contributed by atoms with E-state index in [2.05, 4.69) is 21.4 Å². The maximum absolute atomic E-state index is 11.9. The zero-order chi connectivity index (χ0) is 17.4. The van der Waals surface area contributed by atoms with E-state index in [9.17, 15) is 4.79 Å². The number of nitrogens with two attached hydrogens (primary N) is 1. The highest BCUT2D eigenvalue weighted by atomic mass is 32.1. The molecule has 4 nitrogen and oxygen atoms in total. The average molecular weight is 372 g/mol. The van der Waals surface area contributed by atoms with Crippen LogP contribution in [0.1, 0.15) is 54.2 Å². The maximum Gasteiger partial charge on any atom is 0.250 e. The molecule has 25 heavy (non-hydrogen) atoms. The van der Waals surface area contributed by atoms with Gasteiger partial charge in [-0.15, -0.1) is 22.7 Å². The lowest BCUT2D eigenvalue weighted by atomic mass is 9.95. The lowest BCUT2D eigenvalue weighted by molar-refractivity contribution is 0.0999. The van der Waals surface area contributed by atoms with Gasteiger partial charge in [0.2, 0.25) is 0 Å². The van der Waals surface area contributed by atoms with E-state index in [-0.39, 0.29) is 5.91 Å². The molecule has 0 aliphatic heterocycles. The number of amides is 1. The van der Waals surface area contributed by atoms with Crippen molar-refractivity contribution in [2.75, 3.05) is 0 Å². The number of carbonyl (C=O) groups excluding carboxylic acids is 1. The van der Waals surface area contributed by atoms with Gasteiger partial charge < -0.3 is 10.3 Å². The Morgan fingerprint density at radius 1 is 1.28 bits per heavy atom. The third kappa shape index (κ3) is 3.04. The molecule has 1 aliphatic carbocycles. The standard InChI is InChI=1S/C19H21N3OS2/c1-12-14(18(20)23)10-16(22(12)13-6-3-2-4-7-13)15-11-25-19(21-15)17-8-5-9-24-17/h5,8-11,13H,2-4,6-7H2,1H3,(H2,20,23). The van der Waals surface area contributed by atoms with Gasteiger partial charge in [0.05, 0.1) is 21.8 Å². The molecule has 4 rings (SSSR count). The van der Waals surface area contributed by atoms with Crippen LogP contribution < -0.4 is 5.73 Å². The molecule has 1 amide bonds. The first-order valence-corrected chi connectivity index (χ1v) is 10.4. The molecule has 3 heterocycles. The first-order chi connectivity index (χ1) is 12.1. The van der Waals surface area contributed by atoms with Crippen molar-refractivity contribution in [2.45, 2.75) is 45.1 Å². The molecule has 2 N–H and O–H groups in total. The first kappa shape index (κ1) is 16.5. The minimum absolute atomic E-state index is 0.359. The Hall–Kier alpha value is -1.92. The van der Waals surface area contributed by atoms with Gasteiger partial charge >= 0.3 is 0 Å². The maximum atomic E-state index is 11.9. The van der Waals surface area contributed by atoms with Crippen molar-refractivity contribution < 1.29 is 4.79 Å². The normalized spacial score (nSPS) is 15.6. The highest BCUT2D eigenvalue weighted by Crippen LogP contribution is 2.38. The minimum Gasteiger partial charge on any atom is -0.366 e. The van der Waals surface area contributed by atoms with Crippen LogP contribution in [0.4, 0.5) is 0 Å². The number of hydrogen-bond donors (Lipinski definition) is 1. The number of thiazole rings is 1. The Morgan fingerprint density at radius 2 is 2.08 bits per heavy atom. The number of aromatic nitrogens is 2. The van der Waals surface area contributed by atoms with Gasteiger partial charge in [-0.2, -0.15) is 0 Å². The van der Waals surface area contributed by atoms with E-state index >= 15 is 0 Å². The number of nitrogens with zero attached hydrogens (tertiary/aromatic N) is 2. The largest absolute Gasteiger partial charge is 0.366 e.